The molecule has 6 nitrogen and oxygen atoms in total. The number of nitrogens with zero attached hydrogens (tertiary/aromatic N) is 1. The van der Waals surface area contributed by atoms with Crippen LogP contribution in [0.3, 0.4) is 0 Å². The summed E-state index contributed by atoms with van der Waals surface area (Å²) in [7, 11) is 0. The zero-order valence-corrected chi connectivity index (χ0v) is 9.52. The molecule has 1 heterocycles. The Balaban J connectivity index is 1.97. The van der Waals surface area contributed by atoms with Crippen molar-refractivity contribution in [2.24, 2.45) is 5.41 Å². The minimum absolute atomic E-state index is 0.140. The van der Waals surface area contributed by atoms with E-state index in [0.29, 0.717) is 18.4 Å². The molecular formula is C11H14N2O4. The standard InChI is InChI=1S/C11H14N2O4/c1-7-5-13-17-8(7)9(14)12-6-11(10(15)16)3-2-4-11/h5H,2-4,6H2,1H3,(H,12,14)(H,15,16). The van der Waals surface area contributed by atoms with E-state index in [2.05, 4.69) is 10.5 Å². The van der Waals surface area contributed by atoms with Crippen molar-refractivity contribution in [1.29, 1.82) is 0 Å². The van der Waals surface area contributed by atoms with Gasteiger partial charge in [-0.2, -0.15) is 0 Å². The number of carboxylic acid groups (broad SMARTS) is 1. The van der Waals surface area contributed by atoms with Crippen LogP contribution in [0, 0.1) is 12.3 Å². The van der Waals surface area contributed by atoms with Gasteiger partial charge < -0.3 is 14.9 Å². The minimum Gasteiger partial charge on any atom is -0.481 e. The van der Waals surface area contributed by atoms with Gasteiger partial charge in [0.25, 0.3) is 5.91 Å². The number of amides is 1. The first-order valence-electron chi connectivity index (χ1n) is 5.48. The van der Waals surface area contributed by atoms with Crippen molar-refractivity contribution in [3.63, 3.8) is 0 Å². The van der Waals surface area contributed by atoms with Crippen LogP contribution in [-0.4, -0.2) is 28.7 Å². The topological polar surface area (TPSA) is 92.4 Å². The van der Waals surface area contributed by atoms with E-state index in [0.717, 1.165) is 6.42 Å². The van der Waals surface area contributed by atoms with Crippen molar-refractivity contribution in [2.45, 2.75) is 26.2 Å². The third-order valence-corrected chi connectivity index (χ3v) is 3.31. The molecule has 17 heavy (non-hydrogen) atoms. The minimum atomic E-state index is -0.849. The molecule has 1 amide bonds. The summed E-state index contributed by atoms with van der Waals surface area (Å²) in [4.78, 5) is 22.8. The molecule has 1 saturated carbocycles. The molecule has 1 aliphatic carbocycles. The monoisotopic (exact) mass is 238 g/mol. The predicted molar refractivity (Wildman–Crippen MR) is 57.5 cm³/mol. The van der Waals surface area contributed by atoms with E-state index in [1.54, 1.807) is 6.92 Å². The highest BCUT2D eigenvalue weighted by Gasteiger charge is 2.44. The Morgan fingerprint density at radius 1 is 1.59 bits per heavy atom. The molecule has 1 aromatic heterocycles. The zero-order valence-electron chi connectivity index (χ0n) is 9.52. The fourth-order valence-electron chi connectivity index (χ4n) is 1.91. The van der Waals surface area contributed by atoms with Crippen LogP contribution in [0.4, 0.5) is 0 Å². The van der Waals surface area contributed by atoms with Crippen LogP contribution in [0.5, 0.6) is 0 Å². The number of hydrogen-bond donors (Lipinski definition) is 2. The number of nitrogens with one attached hydrogen (secondary N) is 1. The van der Waals surface area contributed by atoms with Crippen molar-refractivity contribution in [1.82, 2.24) is 10.5 Å². The number of carboxylic acids is 1. The Morgan fingerprint density at radius 3 is 2.71 bits per heavy atom. The van der Waals surface area contributed by atoms with E-state index in [4.69, 9.17) is 9.63 Å². The summed E-state index contributed by atoms with van der Waals surface area (Å²) in [5, 5.41) is 15.2. The lowest BCUT2D eigenvalue weighted by Gasteiger charge is -2.37. The van der Waals surface area contributed by atoms with Gasteiger partial charge >= 0.3 is 5.97 Å². The van der Waals surface area contributed by atoms with Crippen molar-refractivity contribution in [3.8, 4) is 0 Å². The average molecular weight is 238 g/mol. The molecule has 0 atom stereocenters. The maximum Gasteiger partial charge on any atom is 0.311 e. The lowest BCUT2D eigenvalue weighted by Crippen LogP contribution is -2.47. The Hall–Kier alpha value is -1.85. The molecule has 2 N–H and O–H groups in total. The third kappa shape index (κ3) is 2.02. The van der Waals surface area contributed by atoms with Crippen molar-refractivity contribution in [2.75, 3.05) is 6.54 Å². The zero-order chi connectivity index (χ0) is 12.5. The molecule has 0 aliphatic heterocycles. The van der Waals surface area contributed by atoms with E-state index in [-0.39, 0.29) is 12.3 Å². The van der Waals surface area contributed by atoms with Gasteiger partial charge in [0, 0.05) is 12.1 Å². The van der Waals surface area contributed by atoms with Crippen molar-refractivity contribution >= 4 is 11.9 Å². The second-order valence-electron chi connectivity index (χ2n) is 4.46. The molecule has 2 rings (SSSR count). The second kappa shape index (κ2) is 4.20. The summed E-state index contributed by atoms with van der Waals surface area (Å²) < 4.78 is 4.79. The summed E-state index contributed by atoms with van der Waals surface area (Å²) in [5.41, 5.74) is -0.149. The first kappa shape index (κ1) is 11.6. The Kier molecular flexibility index (Phi) is 2.87. The molecule has 0 spiro atoms. The normalized spacial score (nSPS) is 17.2. The molecule has 0 radical (unpaired) electrons. The van der Waals surface area contributed by atoms with Crippen LogP contribution in [0.25, 0.3) is 0 Å². The molecule has 1 aliphatic rings. The third-order valence-electron chi connectivity index (χ3n) is 3.31. The molecule has 0 bridgehead atoms. The van der Waals surface area contributed by atoms with Gasteiger partial charge in [-0.1, -0.05) is 11.6 Å². The largest absolute Gasteiger partial charge is 0.481 e. The number of aryl methyl sites for hydroxylation is 1. The van der Waals surface area contributed by atoms with E-state index in [9.17, 15) is 9.59 Å². The van der Waals surface area contributed by atoms with Crippen LogP contribution in [0.1, 0.15) is 35.4 Å². The number of aromatic nitrogens is 1. The molecule has 6 heteroatoms. The second-order valence-corrected chi connectivity index (χ2v) is 4.46. The Labute approximate surface area is 98.0 Å². The van der Waals surface area contributed by atoms with Gasteiger partial charge in [0.15, 0.2) is 0 Å². The van der Waals surface area contributed by atoms with Crippen LogP contribution in [0.2, 0.25) is 0 Å². The smallest absolute Gasteiger partial charge is 0.311 e. The van der Waals surface area contributed by atoms with Gasteiger partial charge in [0.2, 0.25) is 5.76 Å². The van der Waals surface area contributed by atoms with Crippen LogP contribution in [0.15, 0.2) is 10.7 Å². The molecule has 1 aromatic rings. The lowest BCUT2D eigenvalue weighted by atomic mass is 9.69. The lowest BCUT2D eigenvalue weighted by molar-refractivity contribution is -0.153. The number of carbonyl (C=O) groups excluding carboxylic acids is 1. The first-order valence-corrected chi connectivity index (χ1v) is 5.48. The summed E-state index contributed by atoms with van der Waals surface area (Å²) in [6.45, 7) is 1.85. The number of rotatable bonds is 4. The summed E-state index contributed by atoms with van der Waals surface area (Å²) in [5.74, 6) is -1.12. The van der Waals surface area contributed by atoms with E-state index >= 15 is 0 Å². The molecule has 92 valence electrons. The van der Waals surface area contributed by atoms with E-state index < -0.39 is 17.3 Å². The highest BCUT2D eigenvalue weighted by atomic mass is 16.5. The SMILES string of the molecule is Cc1cnoc1C(=O)NCC1(C(=O)O)CCC1. The highest BCUT2D eigenvalue weighted by molar-refractivity contribution is 5.93. The molecule has 0 aromatic carbocycles. The fraction of sp³-hybridized carbons (Fsp3) is 0.545. The van der Waals surface area contributed by atoms with Gasteiger partial charge in [-0.25, -0.2) is 0 Å². The van der Waals surface area contributed by atoms with E-state index in [1.807, 2.05) is 0 Å². The van der Waals surface area contributed by atoms with Gasteiger partial charge in [-0.15, -0.1) is 0 Å². The van der Waals surface area contributed by atoms with Gasteiger partial charge in [-0.05, 0) is 19.8 Å². The Bertz CT molecular complexity index is 448. The number of hydrogen-bond acceptors (Lipinski definition) is 4. The predicted octanol–water partition coefficient (Wildman–Crippen LogP) is 0.968. The molecule has 0 saturated heterocycles. The average Bonchev–Trinajstić information content (AvgIpc) is 2.62. The van der Waals surface area contributed by atoms with E-state index in [1.165, 1.54) is 6.20 Å². The van der Waals surface area contributed by atoms with Gasteiger partial charge in [0.05, 0.1) is 11.6 Å². The molecule has 0 unspecified atom stereocenters. The molecule has 1 fully saturated rings. The fourth-order valence-corrected chi connectivity index (χ4v) is 1.91. The van der Waals surface area contributed by atoms with Crippen molar-refractivity contribution < 1.29 is 19.2 Å². The summed E-state index contributed by atoms with van der Waals surface area (Å²) >= 11 is 0. The maximum atomic E-state index is 11.7. The highest BCUT2D eigenvalue weighted by Crippen LogP contribution is 2.40. The summed E-state index contributed by atoms with van der Waals surface area (Å²) in [6, 6.07) is 0. The summed E-state index contributed by atoms with van der Waals surface area (Å²) in [6.07, 6.45) is 3.56. The van der Waals surface area contributed by atoms with Crippen molar-refractivity contribution in [3.05, 3.63) is 17.5 Å². The van der Waals surface area contributed by atoms with Crippen LogP contribution >= 0.6 is 0 Å². The quantitative estimate of drug-likeness (QED) is 0.815. The van der Waals surface area contributed by atoms with Crippen LogP contribution in [-0.2, 0) is 4.79 Å². The van der Waals surface area contributed by atoms with Crippen LogP contribution < -0.4 is 5.32 Å². The van der Waals surface area contributed by atoms with Gasteiger partial charge in [-0.3, -0.25) is 9.59 Å². The Morgan fingerprint density at radius 2 is 2.29 bits per heavy atom. The number of carbonyl (C=O) groups is 2. The first-order chi connectivity index (χ1) is 8.05. The number of aliphatic carboxylic acids is 1. The van der Waals surface area contributed by atoms with Gasteiger partial charge in [0.1, 0.15) is 0 Å². The maximum absolute atomic E-state index is 11.7. The molecular weight excluding hydrogens is 224 g/mol.